The number of carbonyl (C=O) groups excluding carboxylic acids is 5. The van der Waals surface area contributed by atoms with Crippen LogP contribution in [0.2, 0.25) is 0 Å². The Morgan fingerprint density at radius 2 is 1.73 bits per heavy atom. The number of hydrogen-bond donors (Lipinski definition) is 1. The quantitative estimate of drug-likeness (QED) is 0.177. The average molecular weight is 728 g/mol. The summed E-state index contributed by atoms with van der Waals surface area (Å²) in [5.41, 5.74) is 1.37. The Labute approximate surface area is 305 Å². The molecule has 0 bridgehead atoms. The van der Waals surface area contributed by atoms with Crippen molar-refractivity contribution in [2.75, 3.05) is 79.5 Å². The molecular formula is C37H53N5O10. The van der Waals surface area contributed by atoms with Crippen LogP contribution in [0.4, 0.5) is 4.79 Å². The van der Waals surface area contributed by atoms with E-state index in [-0.39, 0.29) is 76.5 Å². The maximum Gasteiger partial charge on any atom is 0.409 e. The minimum atomic E-state index is -1.09. The Morgan fingerprint density at radius 3 is 2.46 bits per heavy atom. The lowest BCUT2D eigenvalue weighted by Gasteiger charge is -2.36. The molecule has 2 unspecified atom stereocenters. The second-order valence-electron chi connectivity index (χ2n) is 12.9. The molecule has 2 fully saturated rings. The summed E-state index contributed by atoms with van der Waals surface area (Å²) in [5.74, 6) is -1.47. The number of hydrogen-bond acceptors (Lipinski definition) is 11. The number of esters is 1. The minimum absolute atomic E-state index is 0.0155. The summed E-state index contributed by atoms with van der Waals surface area (Å²) < 4.78 is 27.1. The predicted molar refractivity (Wildman–Crippen MR) is 191 cm³/mol. The molecular weight excluding hydrogens is 674 g/mol. The highest BCUT2D eigenvalue weighted by molar-refractivity contribution is 5.99. The maximum atomic E-state index is 13.9. The number of fused-ring (bicyclic) bond motifs is 1. The van der Waals surface area contributed by atoms with Gasteiger partial charge < -0.3 is 43.7 Å². The van der Waals surface area contributed by atoms with Crippen molar-refractivity contribution < 1.29 is 47.7 Å². The van der Waals surface area contributed by atoms with Crippen LogP contribution in [0.5, 0.6) is 5.75 Å². The van der Waals surface area contributed by atoms with Crippen LogP contribution in [0, 0.1) is 6.92 Å². The monoisotopic (exact) mass is 727 g/mol. The lowest BCUT2D eigenvalue weighted by Crippen LogP contribution is -2.56. The van der Waals surface area contributed by atoms with Crippen molar-refractivity contribution in [1.82, 2.24) is 25.0 Å². The van der Waals surface area contributed by atoms with Gasteiger partial charge in [0.1, 0.15) is 24.1 Å². The van der Waals surface area contributed by atoms with Crippen LogP contribution in [0.25, 0.3) is 10.9 Å². The first-order chi connectivity index (χ1) is 25.1. The van der Waals surface area contributed by atoms with Gasteiger partial charge in [-0.1, -0.05) is 19.4 Å². The van der Waals surface area contributed by atoms with Crippen molar-refractivity contribution in [3.8, 4) is 5.75 Å². The van der Waals surface area contributed by atoms with Gasteiger partial charge in [-0.2, -0.15) is 0 Å². The third kappa shape index (κ3) is 11.5. The van der Waals surface area contributed by atoms with E-state index in [1.54, 1.807) is 21.8 Å². The lowest BCUT2D eigenvalue weighted by atomic mass is 10.1. The molecule has 2 atom stereocenters. The summed E-state index contributed by atoms with van der Waals surface area (Å²) in [6, 6.07) is 5.88. The molecule has 0 aliphatic carbocycles. The number of rotatable bonds is 18. The van der Waals surface area contributed by atoms with Crippen LogP contribution in [0.1, 0.15) is 68.4 Å². The zero-order valence-electron chi connectivity index (χ0n) is 30.9. The first-order valence-corrected chi connectivity index (χ1v) is 18.2. The van der Waals surface area contributed by atoms with Crippen molar-refractivity contribution in [2.24, 2.45) is 0 Å². The number of amides is 4. The van der Waals surface area contributed by atoms with E-state index < -0.39 is 29.9 Å². The van der Waals surface area contributed by atoms with Crippen LogP contribution < -0.4 is 10.1 Å². The Bertz CT molecular complexity index is 1530. The van der Waals surface area contributed by atoms with Crippen molar-refractivity contribution in [3.05, 3.63) is 35.5 Å². The molecule has 15 heteroatoms. The predicted octanol–water partition coefficient (Wildman–Crippen LogP) is 3.10. The SMILES string of the molecule is CCCCOC(=O)N1CCN(C(=O)C(CCC(=O)OCCOCC)NC(=O)c2cc(OCC(=O)N3CCCC3COC)c3ccc(C)cc3n2)CC1. The fourth-order valence-corrected chi connectivity index (χ4v) is 6.20. The van der Waals surface area contributed by atoms with Crippen LogP contribution >= 0.6 is 0 Å². The summed E-state index contributed by atoms with van der Waals surface area (Å²) in [5, 5.41) is 3.41. The molecule has 2 aromatic rings. The van der Waals surface area contributed by atoms with Gasteiger partial charge >= 0.3 is 12.1 Å². The van der Waals surface area contributed by atoms with Crippen LogP contribution in [-0.2, 0) is 33.3 Å². The highest BCUT2D eigenvalue weighted by Gasteiger charge is 2.32. The topological polar surface area (TPSA) is 166 Å². The van der Waals surface area contributed by atoms with E-state index in [4.69, 9.17) is 23.7 Å². The zero-order valence-corrected chi connectivity index (χ0v) is 30.9. The highest BCUT2D eigenvalue weighted by atomic mass is 16.6. The van der Waals surface area contributed by atoms with Crippen molar-refractivity contribution in [2.45, 2.75) is 71.4 Å². The van der Waals surface area contributed by atoms with Crippen molar-refractivity contribution >= 4 is 40.7 Å². The summed E-state index contributed by atoms with van der Waals surface area (Å²) >= 11 is 0. The van der Waals surface area contributed by atoms with E-state index in [1.807, 2.05) is 39.0 Å². The Kier molecular flexibility index (Phi) is 15.9. The molecule has 1 aromatic carbocycles. The molecule has 3 heterocycles. The van der Waals surface area contributed by atoms with Gasteiger partial charge in [0.25, 0.3) is 11.8 Å². The van der Waals surface area contributed by atoms with Gasteiger partial charge in [0.05, 0.1) is 31.4 Å². The number of benzene rings is 1. The van der Waals surface area contributed by atoms with Gasteiger partial charge in [-0.25, -0.2) is 9.78 Å². The number of piperazine rings is 1. The molecule has 1 N–H and O–H groups in total. The third-order valence-electron chi connectivity index (χ3n) is 9.08. The van der Waals surface area contributed by atoms with E-state index >= 15 is 0 Å². The number of unbranched alkanes of at least 4 members (excludes halogenated alkanes) is 1. The molecule has 2 aliphatic heterocycles. The molecule has 52 heavy (non-hydrogen) atoms. The van der Waals surface area contributed by atoms with Gasteiger partial charge in [-0.05, 0) is 57.2 Å². The van der Waals surface area contributed by atoms with E-state index in [0.717, 1.165) is 31.2 Å². The number of likely N-dealkylation sites (tertiary alicyclic amines) is 1. The number of aryl methyl sites for hydroxylation is 1. The van der Waals surface area contributed by atoms with E-state index in [0.29, 0.717) is 43.0 Å². The Hall–Kier alpha value is -4.50. The summed E-state index contributed by atoms with van der Waals surface area (Å²) in [6.07, 6.45) is 2.83. The van der Waals surface area contributed by atoms with Crippen LogP contribution in [-0.4, -0.2) is 141 Å². The highest BCUT2D eigenvalue weighted by Crippen LogP contribution is 2.27. The molecule has 15 nitrogen and oxygen atoms in total. The van der Waals surface area contributed by atoms with Gasteiger partial charge in [0, 0.05) is 64.3 Å². The maximum absolute atomic E-state index is 13.9. The first-order valence-electron chi connectivity index (χ1n) is 18.2. The third-order valence-corrected chi connectivity index (χ3v) is 9.08. The molecule has 0 saturated carbocycles. The molecule has 0 radical (unpaired) electrons. The van der Waals surface area contributed by atoms with E-state index in [2.05, 4.69) is 10.3 Å². The second-order valence-corrected chi connectivity index (χ2v) is 12.9. The largest absolute Gasteiger partial charge is 0.483 e. The zero-order chi connectivity index (χ0) is 37.5. The molecule has 4 amide bonds. The van der Waals surface area contributed by atoms with Gasteiger partial charge in [0.15, 0.2) is 6.61 Å². The molecule has 2 saturated heterocycles. The standard InChI is InChI=1S/C37H53N5O10/c1-5-7-19-51-37(47)41-17-15-40(16-18-41)36(46)29(12-13-34(44)50-21-20-49-6-2)39-35(45)31-23-32(28-11-10-26(3)22-30(28)38-31)52-25-33(43)42-14-8-9-27(42)24-48-4/h10-11,22-23,27,29H,5-9,12-21,24-25H2,1-4H3,(H,39,45). The van der Waals surface area contributed by atoms with E-state index in [1.165, 1.54) is 6.07 Å². The fourth-order valence-electron chi connectivity index (χ4n) is 6.20. The molecule has 0 spiro atoms. The number of nitrogens with one attached hydrogen (secondary N) is 1. The van der Waals surface area contributed by atoms with Gasteiger partial charge in [-0.3, -0.25) is 19.2 Å². The van der Waals surface area contributed by atoms with Crippen LogP contribution in [0.3, 0.4) is 0 Å². The first kappa shape index (κ1) is 40.3. The molecule has 1 aromatic heterocycles. The Morgan fingerprint density at radius 1 is 0.962 bits per heavy atom. The average Bonchev–Trinajstić information content (AvgIpc) is 3.62. The van der Waals surface area contributed by atoms with Crippen molar-refractivity contribution in [1.29, 1.82) is 0 Å². The van der Waals surface area contributed by atoms with Gasteiger partial charge in [-0.15, -0.1) is 0 Å². The summed E-state index contributed by atoms with van der Waals surface area (Å²) in [6.45, 7) is 8.72. The lowest BCUT2D eigenvalue weighted by molar-refractivity contribution is -0.145. The van der Waals surface area contributed by atoms with Crippen molar-refractivity contribution in [3.63, 3.8) is 0 Å². The number of ether oxygens (including phenoxy) is 5. The van der Waals surface area contributed by atoms with Gasteiger partial charge in [0.2, 0.25) is 5.91 Å². The molecule has 4 rings (SSSR count). The van der Waals surface area contributed by atoms with E-state index in [9.17, 15) is 24.0 Å². The number of carbonyl (C=O) groups is 5. The second kappa shape index (κ2) is 20.5. The Balaban J connectivity index is 1.49. The number of aromatic nitrogens is 1. The summed E-state index contributed by atoms with van der Waals surface area (Å²) in [4.78, 5) is 75.4. The fraction of sp³-hybridized carbons (Fsp3) is 0.622. The summed E-state index contributed by atoms with van der Waals surface area (Å²) in [7, 11) is 1.61. The number of pyridine rings is 1. The normalized spacial score (nSPS) is 16.5. The smallest absolute Gasteiger partial charge is 0.409 e. The van der Waals surface area contributed by atoms with Crippen LogP contribution in [0.15, 0.2) is 24.3 Å². The number of methoxy groups -OCH3 is 1. The molecule has 2 aliphatic rings. The number of nitrogens with zero attached hydrogens (tertiary/aromatic N) is 4. The molecule has 286 valence electrons. The minimum Gasteiger partial charge on any atom is -0.483 e.